The van der Waals surface area contributed by atoms with Gasteiger partial charge in [0.15, 0.2) is 6.61 Å². The number of esters is 1. The summed E-state index contributed by atoms with van der Waals surface area (Å²) >= 11 is 0. The maximum atomic E-state index is 13.1. The van der Waals surface area contributed by atoms with Crippen LogP contribution in [0.2, 0.25) is 0 Å². The smallest absolute Gasteiger partial charge is 0.407 e. The van der Waals surface area contributed by atoms with E-state index in [0.29, 0.717) is 49.8 Å². The maximum absolute atomic E-state index is 13.1. The Morgan fingerprint density at radius 1 is 0.956 bits per heavy atom. The van der Waals surface area contributed by atoms with Crippen molar-refractivity contribution in [2.45, 2.75) is 95.7 Å². The predicted molar refractivity (Wildman–Crippen MR) is 163 cm³/mol. The molecule has 1 aliphatic carbocycles. The van der Waals surface area contributed by atoms with Gasteiger partial charge in [0.25, 0.3) is 5.91 Å². The second-order valence-corrected chi connectivity index (χ2v) is 13.4. The zero-order chi connectivity index (χ0) is 32.5. The quantitative estimate of drug-likeness (QED) is 0.366. The maximum Gasteiger partial charge on any atom is 0.407 e. The Hall–Kier alpha value is -4.16. The van der Waals surface area contributed by atoms with Crippen molar-refractivity contribution in [2.75, 3.05) is 19.7 Å². The molecule has 13 nitrogen and oxygen atoms in total. The van der Waals surface area contributed by atoms with E-state index in [4.69, 9.17) is 9.47 Å². The molecule has 3 aliphatic rings. The molecule has 1 aromatic heterocycles. The van der Waals surface area contributed by atoms with Gasteiger partial charge in [-0.05, 0) is 89.3 Å². The molecule has 1 unspecified atom stereocenters. The van der Waals surface area contributed by atoms with Crippen LogP contribution >= 0.6 is 0 Å². The second-order valence-electron chi connectivity index (χ2n) is 13.4. The molecule has 0 bridgehead atoms. The number of ether oxygens (including phenoxy) is 2. The number of aromatic nitrogens is 2. The number of aryl methyl sites for hydroxylation is 1. The van der Waals surface area contributed by atoms with E-state index in [1.807, 2.05) is 18.2 Å². The first-order valence-electron chi connectivity index (χ1n) is 15.8. The Morgan fingerprint density at radius 2 is 1.64 bits per heavy atom. The number of hydrogen-bond donors (Lipinski definition) is 2. The third-order valence-corrected chi connectivity index (χ3v) is 9.07. The fraction of sp³-hybridized carbons (Fsp3) is 0.625. The molecular formula is C32H43N5O8. The van der Waals surface area contributed by atoms with Gasteiger partial charge in [0.1, 0.15) is 11.6 Å². The summed E-state index contributed by atoms with van der Waals surface area (Å²) in [5.74, 6) is -1.51. The lowest BCUT2D eigenvalue weighted by atomic mass is 9.86. The highest BCUT2D eigenvalue weighted by Gasteiger charge is 2.33. The molecule has 1 aromatic carbocycles. The molecule has 4 amide bonds. The molecule has 1 atom stereocenters. The number of nitrogens with one attached hydrogen (secondary N) is 2. The highest BCUT2D eigenvalue weighted by molar-refractivity contribution is 6.00. The fourth-order valence-electron chi connectivity index (χ4n) is 6.62. The minimum atomic E-state index is -0.732. The Labute approximate surface area is 261 Å². The normalized spacial score (nSPS) is 23.0. The van der Waals surface area contributed by atoms with Crippen molar-refractivity contribution in [1.29, 1.82) is 0 Å². The van der Waals surface area contributed by atoms with Gasteiger partial charge in [-0.1, -0.05) is 6.07 Å². The van der Waals surface area contributed by atoms with Gasteiger partial charge in [-0.25, -0.2) is 9.59 Å². The number of alkyl carbamates (subject to hydrolysis) is 1. The van der Waals surface area contributed by atoms with Crippen LogP contribution in [0.4, 0.5) is 4.79 Å². The van der Waals surface area contributed by atoms with Gasteiger partial charge in [-0.2, -0.15) is 0 Å². The topological polar surface area (TPSA) is 158 Å². The molecule has 3 heterocycles. The summed E-state index contributed by atoms with van der Waals surface area (Å²) in [6, 6.07) is 5.01. The van der Waals surface area contributed by atoms with Gasteiger partial charge in [0.2, 0.25) is 11.8 Å². The van der Waals surface area contributed by atoms with E-state index in [9.17, 15) is 28.8 Å². The summed E-state index contributed by atoms with van der Waals surface area (Å²) in [7, 11) is 1.67. The van der Waals surface area contributed by atoms with E-state index in [-0.39, 0.29) is 60.8 Å². The van der Waals surface area contributed by atoms with E-state index >= 15 is 0 Å². The summed E-state index contributed by atoms with van der Waals surface area (Å²) in [6.45, 7) is 6.18. The number of imide groups is 1. The Balaban J connectivity index is 1.09. The van der Waals surface area contributed by atoms with Crippen LogP contribution in [0, 0.1) is 5.92 Å². The van der Waals surface area contributed by atoms with Crippen LogP contribution in [0.25, 0.3) is 11.0 Å². The van der Waals surface area contributed by atoms with Crippen LogP contribution in [0.5, 0.6) is 0 Å². The zero-order valence-electron chi connectivity index (χ0n) is 26.4. The number of benzene rings is 1. The van der Waals surface area contributed by atoms with Crippen molar-refractivity contribution in [3.63, 3.8) is 0 Å². The summed E-state index contributed by atoms with van der Waals surface area (Å²) < 4.78 is 13.7. The average molecular weight is 626 g/mol. The third kappa shape index (κ3) is 7.39. The molecule has 1 saturated carbocycles. The molecule has 5 rings (SSSR count). The van der Waals surface area contributed by atoms with E-state index < -0.39 is 23.6 Å². The number of fused-ring (bicyclic) bond motifs is 1. The van der Waals surface area contributed by atoms with Gasteiger partial charge in [-0.3, -0.25) is 33.6 Å². The van der Waals surface area contributed by atoms with E-state index in [1.165, 1.54) is 9.13 Å². The number of hydrogen-bond acceptors (Lipinski definition) is 8. The fourth-order valence-corrected chi connectivity index (χ4v) is 6.62. The molecule has 45 heavy (non-hydrogen) atoms. The average Bonchev–Trinajstić information content (AvgIpc) is 3.24. The van der Waals surface area contributed by atoms with Crippen LogP contribution in [0.15, 0.2) is 23.0 Å². The van der Waals surface area contributed by atoms with Crippen molar-refractivity contribution in [1.82, 2.24) is 24.7 Å². The van der Waals surface area contributed by atoms with Gasteiger partial charge < -0.3 is 19.7 Å². The van der Waals surface area contributed by atoms with Gasteiger partial charge in [-0.15, -0.1) is 0 Å². The van der Waals surface area contributed by atoms with E-state index in [1.54, 1.807) is 32.7 Å². The van der Waals surface area contributed by atoms with Crippen LogP contribution in [0.3, 0.4) is 0 Å². The van der Waals surface area contributed by atoms with Crippen molar-refractivity contribution >= 4 is 40.8 Å². The lowest BCUT2D eigenvalue weighted by Crippen LogP contribution is -2.44. The van der Waals surface area contributed by atoms with Gasteiger partial charge >= 0.3 is 17.8 Å². The molecule has 3 fully saturated rings. The first-order valence-corrected chi connectivity index (χ1v) is 15.8. The predicted octanol–water partition coefficient (Wildman–Crippen LogP) is 2.65. The minimum absolute atomic E-state index is 0.0531. The largest absolute Gasteiger partial charge is 0.455 e. The van der Waals surface area contributed by atoms with Crippen molar-refractivity contribution < 1.29 is 33.4 Å². The number of imidazole rings is 1. The third-order valence-electron chi connectivity index (χ3n) is 9.07. The first-order chi connectivity index (χ1) is 21.3. The molecule has 0 radical (unpaired) electrons. The summed E-state index contributed by atoms with van der Waals surface area (Å²) in [5, 5.41) is 5.19. The number of likely N-dealkylation sites (tertiary alicyclic amines) is 1. The molecule has 2 aliphatic heterocycles. The highest BCUT2D eigenvalue weighted by Crippen LogP contribution is 2.32. The molecular weight excluding hydrogens is 582 g/mol. The minimum Gasteiger partial charge on any atom is -0.455 e. The SMILES string of the molecule is Cn1c(=O)n(C2CCC(=O)NC2=O)c2ccc(C3CCN(C(=O)COC(=O)C4CCC(NC(=O)OC(C)(C)C)CC4)CC3)cc21. The van der Waals surface area contributed by atoms with Gasteiger partial charge in [0, 0.05) is 32.6 Å². The Morgan fingerprint density at radius 3 is 2.29 bits per heavy atom. The number of carbonyl (C=O) groups is 5. The summed E-state index contributed by atoms with van der Waals surface area (Å²) in [6.07, 6.45) is 3.88. The van der Waals surface area contributed by atoms with Gasteiger partial charge in [0.05, 0.1) is 17.0 Å². The Kier molecular flexibility index (Phi) is 9.36. The molecule has 0 spiro atoms. The molecule has 13 heteroatoms. The second kappa shape index (κ2) is 13.1. The van der Waals surface area contributed by atoms with Crippen LogP contribution in [-0.2, 0) is 35.7 Å². The molecule has 2 saturated heterocycles. The summed E-state index contributed by atoms with van der Waals surface area (Å²) in [4.78, 5) is 76.4. The van der Waals surface area contributed by atoms with E-state index in [2.05, 4.69) is 10.6 Å². The number of nitrogens with zero attached hydrogens (tertiary/aromatic N) is 3. The van der Waals surface area contributed by atoms with Crippen molar-refractivity contribution in [3.8, 4) is 0 Å². The van der Waals surface area contributed by atoms with E-state index in [0.717, 1.165) is 18.4 Å². The lowest BCUT2D eigenvalue weighted by molar-refractivity contribution is -0.156. The highest BCUT2D eigenvalue weighted by atomic mass is 16.6. The lowest BCUT2D eigenvalue weighted by Gasteiger charge is -2.32. The zero-order valence-corrected chi connectivity index (χ0v) is 26.4. The van der Waals surface area contributed by atoms with Crippen LogP contribution in [0.1, 0.15) is 89.7 Å². The number of amides is 4. The molecule has 244 valence electrons. The standard InChI is InChI=1S/C32H43N5O8/c1-32(2,3)45-30(42)33-22-8-5-20(6-9-22)29(41)44-18-27(39)36-15-13-19(14-16-36)21-7-10-23-25(17-21)35(4)31(43)37(23)24-11-12-26(38)34-28(24)40/h7,10,17,19-20,22,24H,5-6,8-9,11-16,18H2,1-4H3,(H,33,42)(H,34,38,40). The monoisotopic (exact) mass is 625 g/mol. The van der Waals surface area contributed by atoms with Crippen LogP contribution in [-0.4, -0.2) is 75.2 Å². The molecule has 2 aromatic rings. The number of rotatable bonds is 6. The molecule has 2 N–H and O–H groups in total. The number of carbonyl (C=O) groups excluding carboxylic acids is 5. The van der Waals surface area contributed by atoms with Crippen molar-refractivity contribution in [2.24, 2.45) is 13.0 Å². The first kappa shape index (κ1) is 32.2. The van der Waals surface area contributed by atoms with Crippen molar-refractivity contribution in [3.05, 3.63) is 34.2 Å². The Bertz CT molecular complexity index is 1540. The summed E-state index contributed by atoms with van der Waals surface area (Å²) in [5.41, 5.74) is 1.52. The van der Waals surface area contributed by atoms with Crippen LogP contribution < -0.4 is 16.3 Å². The number of piperidine rings is 2.